The lowest BCUT2D eigenvalue weighted by Gasteiger charge is -2.02. The number of hydrogen-bond acceptors (Lipinski definition) is 3. The second-order valence-electron chi connectivity index (χ2n) is 5.65. The fourth-order valence-electron chi connectivity index (χ4n) is 2.29. The zero-order valence-corrected chi connectivity index (χ0v) is 15.0. The van der Waals surface area contributed by atoms with Crippen LogP contribution in [0.25, 0.3) is 0 Å². The number of nitrogens with one attached hydrogen (secondary N) is 1. The van der Waals surface area contributed by atoms with E-state index in [1.165, 1.54) is 44.9 Å². The van der Waals surface area contributed by atoms with Crippen LogP contribution in [0.2, 0.25) is 0 Å². The van der Waals surface area contributed by atoms with Crippen LogP contribution in [0.5, 0.6) is 0 Å². The van der Waals surface area contributed by atoms with Crippen molar-refractivity contribution >= 4 is 12.9 Å². The molecule has 0 aliphatic heterocycles. The number of nitrogens with zero attached hydrogens (tertiary/aromatic N) is 2. The molecule has 0 aliphatic rings. The van der Waals surface area contributed by atoms with Crippen molar-refractivity contribution in [3.05, 3.63) is 39.9 Å². The minimum Gasteiger partial charge on any atom is -0.418 e. The van der Waals surface area contributed by atoms with Crippen LogP contribution in [0.1, 0.15) is 63.9 Å². The van der Waals surface area contributed by atoms with Gasteiger partial charge in [0.05, 0.1) is 10.3 Å². The number of diazo groups is 1. The van der Waals surface area contributed by atoms with Gasteiger partial charge in [0, 0.05) is 12.1 Å². The van der Waals surface area contributed by atoms with E-state index in [2.05, 4.69) is 6.92 Å². The van der Waals surface area contributed by atoms with Gasteiger partial charge in [-0.1, -0.05) is 64.0 Å². The normalized spacial score (nSPS) is 10.1. The molecule has 0 unspecified atom stereocenters. The molecule has 1 aromatic rings. The minimum atomic E-state index is -6.00. The third-order valence-electron chi connectivity index (χ3n) is 3.44. The summed E-state index contributed by atoms with van der Waals surface area (Å²) in [7, 11) is -6.00. The fourth-order valence-corrected chi connectivity index (χ4v) is 2.29. The van der Waals surface area contributed by atoms with E-state index in [4.69, 9.17) is 10.8 Å². The maximum Gasteiger partial charge on any atom is 0.673 e. The first kappa shape index (κ1) is 26.1. The summed E-state index contributed by atoms with van der Waals surface area (Å²) in [6, 6.07) is 7.00. The van der Waals surface area contributed by atoms with Crippen LogP contribution < -0.4 is 5.39 Å². The highest BCUT2D eigenvalue weighted by molar-refractivity contribution is 6.50. The van der Waals surface area contributed by atoms with Crippen LogP contribution in [-0.4, -0.2) is 12.2 Å². The number of aryl methyl sites for hydroxylation is 1. The maximum absolute atomic E-state index is 10.7. The molecule has 0 heterocycles. The quantitative estimate of drug-likeness (QED) is 0.157. The third kappa shape index (κ3) is 19.9. The summed E-state index contributed by atoms with van der Waals surface area (Å²) in [4.78, 5) is 10.3. The minimum absolute atomic E-state index is 0.206. The molecule has 5 nitrogen and oxygen atoms in total. The van der Waals surface area contributed by atoms with Gasteiger partial charge in [-0.2, -0.15) is 0 Å². The highest BCUT2D eigenvalue weighted by Crippen LogP contribution is 2.16. The predicted molar refractivity (Wildman–Crippen MR) is 92.3 cm³/mol. The molecule has 0 fully saturated rings. The number of nitro benzene ring substituents is 1. The van der Waals surface area contributed by atoms with Gasteiger partial charge in [0.25, 0.3) is 5.69 Å². The molecule has 1 rings (SSSR count). The molecular weight excluding hydrogens is 353 g/mol. The summed E-state index contributed by atoms with van der Waals surface area (Å²) >= 11 is 0. The highest BCUT2D eigenvalue weighted by Gasteiger charge is 2.20. The van der Waals surface area contributed by atoms with Gasteiger partial charge in [0.15, 0.2) is 0 Å². The zero-order valence-electron chi connectivity index (χ0n) is 15.0. The molecule has 26 heavy (non-hydrogen) atoms. The topological polar surface area (TPSA) is 90.7 Å². The van der Waals surface area contributed by atoms with E-state index in [9.17, 15) is 27.4 Å². The second-order valence-corrected chi connectivity index (χ2v) is 5.65. The van der Waals surface area contributed by atoms with Crippen molar-refractivity contribution in [2.45, 2.75) is 64.7 Å². The molecule has 1 N–H and O–H groups in total. The maximum atomic E-state index is 10.7. The van der Waals surface area contributed by atoms with Gasteiger partial charge in [-0.25, -0.2) is 0 Å². The molecule has 0 bridgehead atoms. The molecule has 0 aliphatic carbocycles. The Morgan fingerprint density at radius 2 is 1.46 bits per heavy atom. The third-order valence-corrected chi connectivity index (χ3v) is 3.44. The zero-order chi connectivity index (χ0) is 20.4. The summed E-state index contributed by atoms with van der Waals surface area (Å²) in [5, 5.41) is 21.7. The summed E-state index contributed by atoms with van der Waals surface area (Å²) in [6.45, 7) is 2.24. The van der Waals surface area contributed by atoms with Gasteiger partial charge >= 0.3 is 7.25 Å². The monoisotopic (exact) mass is 379 g/mol. The van der Waals surface area contributed by atoms with Crippen molar-refractivity contribution in [2.24, 2.45) is 0 Å². The Morgan fingerprint density at radius 3 is 1.92 bits per heavy atom. The Hall–Kier alpha value is -2.18. The molecule has 0 saturated heterocycles. The van der Waals surface area contributed by atoms with E-state index in [-0.39, 0.29) is 10.6 Å². The molecule has 10 heteroatoms. The first-order valence-electron chi connectivity index (χ1n) is 8.57. The van der Waals surface area contributed by atoms with Crippen molar-refractivity contribution in [3.63, 3.8) is 0 Å². The number of benzene rings is 1. The Bertz CT molecular complexity index is 508. The number of nitro groups is 1. The highest BCUT2D eigenvalue weighted by atomic mass is 19.5. The number of unbranched alkanes of at least 4 members (excludes halogenated alkanes) is 7. The van der Waals surface area contributed by atoms with Gasteiger partial charge in [0.2, 0.25) is 5.39 Å². The molecule has 1 aromatic carbocycles. The average molecular weight is 379 g/mol. The SMILES string of the molecule is CCCCCCCCCCc1cccc([N+](=O)[O-])c1.F[B-](F)(F)F.N#[NH+]. The number of halogens is 4. The molecule has 0 radical (unpaired) electrons. The van der Waals surface area contributed by atoms with E-state index in [0.29, 0.717) is 0 Å². The van der Waals surface area contributed by atoms with Gasteiger partial charge in [-0.3, -0.25) is 10.1 Å². The van der Waals surface area contributed by atoms with Gasteiger partial charge in [-0.05, 0) is 18.4 Å². The van der Waals surface area contributed by atoms with Crippen LogP contribution in [0.15, 0.2) is 24.3 Å². The number of non-ortho nitro benzene ring substituents is 1. The molecular formula is C16H26BF4N3O2. The first-order valence-corrected chi connectivity index (χ1v) is 8.57. The smallest absolute Gasteiger partial charge is 0.418 e. The largest absolute Gasteiger partial charge is 0.673 e. The average Bonchev–Trinajstić information content (AvgIpc) is 2.58. The Morgan fingerprint density at radius 1 is 1.00 bits per heavy atom. The van der Waals surface area contributed by atoms with E-state index >= 15 is 0 Å². The van der Waals surface area contributed by atoms with Gasteiger partial charge < -0.3 is 17.3 Å². The van der Waals surface area contributed by atoms with E-state index in [1.807, 2.05) is 6.07 Å². The molecule has 0 atom stereocenters. The van der Waals surface area contributed by atoms with Crippen molar-refractivity contribution in [3.8, 4) is 0 Å². The van der Waals surface area contributed by atoms with Crippen molar-refractivity contribution in [1.82, 2.24) is 0 Å². The van der Waals surface area contributed by atoms with Crippen LogP contribution >= 0.6 is 0 Å². The van der Waals surface area contributed by atoms with Crippen molar-refractivity contribution < 1.29 is 27.6 Å². The van der Waals surface area contributed by atoms with Crippen LogP contribution in [0, 0.1) is 15.5 Å². The molecule has 0 amide bonds. The Balaban J connectivity index is 0. The second kappa shape index (κ2) is 16.3. The molecule has 148 valence electrons. The predicted octanol–water partition coefficient (Wildman–Crippen LogP) is 4.86. The standard InChI is InChI=1S/C16H25NO2.BF4.N2/c1-2-3-4-5-6-7-8-9-11-15-12-10-13-16(14-15)17(18)19;2-1(3,4)5;1-2/h10,12-14H,2-9,11H2,1H3;;/q;-1;/p+1. The Labute approximate surface area is 151 Å². The summed E-state index contributed by atoms with van der Waals surface area (Å²) in [5.74, 6) is 0. The van der Waals surface area contributed by atoms with Crippen LogP contribution in [0.4, 0.5) is 23.0 Å². The number of hydrogen-bond donors (Lipinski definition) is 1. The molecule has 0 saturated carbocycles. The summed E-state index contributed by atoms with van der Waals surface area (Å²) < 4.78 is 39.0. The number of rotatable bonds is 10. The summed E-state index contributed by atoms with van der Waals surface area (Å²) in [5.41, 5.74) is 1.29. The van der Waals surface area contributed by atoms with Crippen LogP contribution in [-0.2, 0) is 6.42 Å². The first-order chi connectivity index (χ1) is 12.2. The lowest BCUT2D eigenvalue weighted by atomic mass is 10.0. The van der Waals surface area contributed by atoms with Crippen molar-refractivity contribution in [2.75, 3.05) is 0 Å². The Kier molecular flexibility index (Phi) is 16.3. The van der Waals surface area contributed by atoms with E-state index in [0.717, 1.165) is 18.4 Å². The van der Waals surface area contributed by atoms with Crippen LogP contribution in [0.3, 0.4) is 0 Å². The van der Waals surface area contributed by atoms with Crippen molar-refractivity contribution in [1.29, 1.82) is 5.39 Å². The van der Waals surface area contributed by atoms with E-state index in [1.54, 1.807) is 18.2 Å². The molecule has 0 spiro atoms. The lowest BCUT2D eigenvalue weighted by Crippen LogP contribution is -2.11. The summed E-state index contributed by atoms with van der Waals surface area (Å²) in [6.07, 6.45) is 11.3. The van der Waals surface area contributed by atoms with Gasteiger partial charge in [-0.15, -0.1) is 0 Å². The van der Waals surface area contributed by atoms with Gasteiger partial charge in [0.1, 0.15) is 0 Å². The fraction of sp³-hybridized carbons (Fsp3) is 0.625. The molecule has 0 aromatic heterocycles. The van der Waals surface area contributed by atoms with E-state index < -0.39 is 7.25 Å². The lowest BCUT2D eigenvalue weighted by molar-refractivity contribution is -0.384.